The van der Waals surface area contributed by atoms with Crippen LogP contribution in [-0.4, -0.2) is 29.6 Å². The third-order valence-electron chi connectivity index (χ3n) is 4.63. The molecule has 3 nitrogen and oxygen atoms in total. The normalized spacial score (nSPS) is 31.4. The molecular weight excluding hydrogens is 224 g/mol. The van der Waals surface area contributed by atoms with Crippen molar-refractivity contribution in [3.63, 3.8) is 0 Å². The molecule has 18 heavy (non-hydrogen) atoms. The Bertz CT molecular complexity index is 349. The van der Waals surface area contributed by atoms with Crippen molar-refractivity contribution >= 4 is 0 Å². The number of nitrogens with zero attached hydrogens (tertiary/aromatic N) is 1. The van der Waals surface area contributed by atoms with E-state index in [1.807, 2.05) is 6.07 Å². The fraction of sp³-hybridized carbons (Fsp3) is 0.733. The molecule has 0 radical (unpaired) electrons. The van der Waals surface area contributed by atoms with Crippen molar-refractivity contribution in [2.75, 3.05) is 6.54 Å². The number of aryl methyl sites for hydroxylation is 1. The van der Waals surface area contributed by atoms with Crippen LogP contribution < -0.4 is 5.73 Å². The highest BCUT2D eigenvalue weighted by molar-refractivity contribution is 4.99. The molecule has 1 fully saturated rings. The molecule has 0 aromatic carbocycles. The van der Waals surface area contributed by atoms with Gasteiger partial charge >= 0.3 is 0 Å². The average molecular weight is 250 g/mol. The first-order valence-corrected chi connectivity index (χ1v) is 7.13. The highest BCUT2D eigenvalue weighted by atomic mass is 16.3. The van der Waals surface area contributed by atoms with E-state index >= 15 is 0 Å². The first-order valence-electron chi connectivity index (χ1n) is 7.13. The predicted octanol–water partition coefficient (Wildman–Crippen LogP) is 2.66. The zero-order valence-electron chi connectivity index (χ0n) is 11.8. The van der Waals surface area contributed by atoms with Crippen molar-refractivity contribution in [1.82, 2.24) is 4.90 Å². The summed E-state index contributed by atoms with van der Waals surface area (Å²) in [7, 11) is 0. The van der Waals surface area contributed by atoms with Gasteiger partial charge in [-0.15, -0.1) is 0 Å². The van der Waals surface area contributed by atoms with Crippen LogP contribution >= 0.6 is 0 Å². The first kappa shape index (κ1) is 13.6. The Kier molecular flexibility index (Phi) is 4.46. The van der Waals surface area contributed by atoms with Crippen molar-refractivity contribution < 1.29 is 4.42 Å². The van der Waals surface area contributed by atoms with Crippen LogP contribution in [0, 0.1) is 5.92 Å². The van der Waals surface area contributed by atoms with Crippen LogP contribution in [0.2, 0.25) is 0 Å². The highest BCUT2D eigenvalue weighted by Gasteiger charge is 2.32. The molecule has 2 N–H and O–H groups in total. The molecule has 0 saturated carbocycles. The van der Waals surface area contributed by atoms with Gasteiger partial charge in [-0.3, -0.25) is 4.90 Å². The second-order valence-electron chi connectivity index (χ2n) is 5.76. The van der Waals surface area contributed by atoms with Gasteiger partial charge in [0.25, 0.3) is 0 Å². The Morgan fingerprint density at radius 1 is 1.50 bits per heavy atom. The molecule has 1 aromatic heterocycles. The smallest absolute Gasteiger partial charge is 0.103 e. The molecule has 0 amide bonds. The van der Waals surface area contributed by atoms with E-state index in [-0.39, 0.29) is 0 Å². The molecule has 0 bridgehead atoms. The van der Waals surface area contributed by atoms with Gasteiger partial charge in [-0.2, -0.15) is 0 Å². The summed E-state index contributed by atoms with van der Waals surface area (Å²) in [6.07, 6.45) is 5.05. The molecule has 1 aliphatic rings. The van der Waals surface area contributed by atoms with Crippen molar-refractivity contribution in [3.05, 3.63) is 24.2 Å². The molecule has 4 unspecified atom stereocenters. The monoisotopic (exact) mass is 250 g/mol. The summed E-state index contributed by atoms with van der Waals surface area (Å²) in [6.45, 7) is 8.04. The third kappa shape index (κ3) is 2.96. The molecule has 1 aromatic rings. The fourth-order valence-corrected chi connectivity index (χ4v) is 3.02. The Balaban J connectivity index is 1.86. The van der Waals surface area contributed by atoms with Gasteiger partial charge in [-0.05, 0) is 44.7 Å². The summed E-state index contributed by atoms with van der Waals surface area (Å²) in [5, 5.41) is 0. The van der Waals surface area contributed by atoms with Crippen LogP contribution in [0.4, 0.5) is 0 Å². The number of nitrogens with two attached hydrogens (primary N) is 1. The van der Waals surface area contributed by atoms with E-state index in [0.717, 1.165) is 31.6 Å². The predicted molar refractivity (Wildman–Crippen MR) is 74.4 cm³/mol. The van der Waals surface area contributed by atoms with Gasteiger partial charge < -0.3 is 10.2 Å². The standard InChI is InChI=1S/C15H26N2O/c1-11(6-7-14-5-4-10-18-14)17-9-8-15(16)12(2)13(17)3/h4-5,10-13,15H,6-9,16H2,1-3H3. The summed E-state index contributed by atoms with van der Waals surface area (Å²) in [4.78, 5) is 2.61. The van der Waals surface area contributed by atoms with Crippen LogP contribution in [-0.2, 0) is 6.42 Å². The second kappa shape index (κ2) is 5.89. The van der Waals surface area contributed by atoms with E-state index in [1.165, 1.54) is 0 Å². The Morgan fingerprint density at radius 2 is 2.28 bits per heavy atom. The van der Waals surface area contributed by atoms with Gasteiger partial charge in [0.1, 0.15) is 5.76 Å². The van der Waals surface area contributed by atoms with Crippen LogP contribution in [0.5, 0.6) is 0 Å². The minimum Gasteiger partial charge on any atom is -0.469 e. The zero-order valence-corrected chi connectivity index (χ0v) is 11.8. The summed E-state index contributed by atoms with van der Waals surface area (Å²) in [5.74, 6) is 1.68. The van der Waals surface area contributed by atoms with Crippen LogP contribution in [0.3, 0.4) is 0 Å². The topological polar surface area (TPSA) is 42.4 Å². The maximum Gasteiger partial charge on any atom is 0.103 e. The van der Waals surface area contributed by atoms with Crippen LogP contribution in [0.1, 0.15) is 39.4 Å². The van der Waals surface area contributed by atoms with Gasteiger partial charge in [0.2, 0.25) is 0 Å². The van der Waals surface area contributed by atoms with Gasteiger partial charge in [0.15, 0.2) is 0 Å². The molecule has 3 heteroatoms. The largest absolute Gasteiger partial charge is 0.469 e. The van der Waals surface area contributed by atoms with Crippen LogP contribution in [0.15, 0.2) is 22.8 Å². The Labute approximate surface area is 110 Å². The molecule has 1 saturated heterocycles. The first-order chi connectivity index (χ1) is 8.59. The van der Waals surface area contributed by atoms with Gasteiger partial charge in [0.05, 0.1) is 6.26 Å². The van der Waals surface area contributed by atoms with E-state index < -0.39 is 0 Å². The van der Waals surface area contributed by atoms with Crippen molar-refractivity contribution in [3.8, 4) is 0 Å². The van der Waals surface area contributed by atoms with Gasteiger partial charge in [-0.1, -0.05) is 6.92 Å². The summed E-state index contributed by atoms with van der Waals surface area (Å²) < 4.78 is 5.40. The number of rotatable bonds is 4. The number of hydrogen-bond donors (Lipinski definition) is 1. The molecule has 102 valence electrons. The molecule has 2 heterocycles. The second-order valence-corrected chi connectivity index (χ2v) is 5.76. The maximum atomic E-state index is 6.14. The van der Waals surface area contributed by atoms with E-state index in [9.17, 15) is 0 Å². The van der Waals surface area contributed by atoms with E-state index in [4.69, 9.17) is 10.2 Å². The number of piperidine rings is 1. The number of furan rings is 1. The van der Waals surface area contributed by atoms with Crippen molar-refractivity contribution in [1.29, 1.82) is 0 Å². The molecule has 0 spiro atoms. The Hall–Kier alpha value is -0.800. The van der Waals surface area contributed by atoms with Gasteiger partial charge in [-0.25, -0.2) is 0 Å². The average Bonchev–Trinajstić information content (AvgIpc) is 2.86. The van der Waals surface area contributed by atoms with Crippen LogP contribution in [0.25, 0.3) is 0 Å². The number of hydrogen-bond acceptors (Lipinski definition) is 3. The third-order valence-corrected chi connectivity index (χ3v) is 4.63. The minimum absolute atomic E-state index is 0.369. The lowest BCUT2D eigenvalue weighted by atomic mass is 9.86. The lowest BCUT2D eigenvalue weighted by Gasteiger charge is -2.44. The summed E-state index contributed by atoms with van der Waals surface area (Å²) in [6, 6.07) is 5.57. The number of likely N-dealkylation sites (tertiary alicyclic amines) is 1. The zero-order chi connectivity index (χ0) is 13.1. The molecule has 0 aliphatic carbocycles. The fourth-order valence-electron chi connectivity index (χ4n) is 3.02. The minimum atomic E-state index is 0.369. The summed E-state index contributed by atoms with van der Waals surface area (Å²) in [5.41, 5.74) is 6.14. The highest BCUT2D eigenvalue weighted by Crippen LogP contribution is 2.25. The van der Waals surface area contributed by atoms with Crippen molar-refractivity contribution in [2.45, 2.75) is 58.2 Å². The van der Waals surface area contributed by atoms with Gasteiger partial charge in [0, 0.05) is 31.1 Å². The van der Waals surface area contributed by atoms with E-state index in [1.54, 1.807) is 6.26 Å². The quantitative estimate of drug-likeness (QED) is 0.893. The summed E-state index contributed by atoms with van der Waals surface area (Å²) >= 11 is 0. The van der Waals surface area contributed by atoms with E-state index in [2.05, 4.69) is 31.7 Å². The van der Waals surface area contributed by atoms with E-state index in [0.29, 0.717) is 24.0 Å². The lowest BCUT2D eigenvalue weighted by Crippen LogP contribution is -2.54. The SMILES string of the molecule is CC1C(N)CCN(C(C)CCc2ccco2)C1C. The Morgan fingerprint density at radius 3 is 2.94 bits per heavy atom. The maximum absolute atomic E-state index is 6.14. The molecule has 4 atom stereocenters. The molecule has 2 rings (SSSR count). The lowest BCUT2D eigenvalue weighted by molar-refractivity contribution is 0.0592. The van der Waals surface area contributed by atoms with Crippen molar-refractivity contribution in [2.24, 2.45) is 11.7 Å². The molecule has 1 aliphatic heterocycles. The molecular formula is C15H26N2O.